The van der Waals surface area contributed by atoms with Crippen LogP contribution in [0, 0.1) is 5.82 Å². The number of phenolic OH excluding ortho intramolecular Hbond substituents is 1. The van der Waals surface area contributed by atoms with Crippen LogP contribution in [0.15, 0.2) is 72.8 Å². The Morgan fingerprint density at radius 1 is 0.871 bits per heavy atom. The Morgan fingerprint density at radius 2 is 1.48 bits per heavy atom. The third kappa shape index (κ3) is 3.77. The summed E-state index contributed by atoms with van der Waals surface area (Å²) in [6.07, 6.45) is 0.660. The average Bonchev–Trinajstić information content (AvgIpc) is 2.79. The van der Waals surface area contributed by atoms with Crippen LogP contribution in [0.2, 0.25) is 0 Å². The minimum Gasteiger partial charge on any atom is -0.506 e. The van der Waals surface area contributed by atoms with E-state index in [0.29, 0.717) is 17.4 Å². The first-order chi connectivity index (χ1) is 14.9. The van der Waals surface area contributed by atoms with Gasteiger partial charge in [0.2, 0.25) is 0 Å². The number of hydrogen-bond donors (Lipinski definition) is 1. The van der Waals surface area contributed by atoms with E-state index in [1.54, 1.807) is 26.2 Å². The van der Waals surface area contributed by atoms with Gasteiger partial charge in [0.1, 0.15) is 11.6 Å². The monoisotopic (exact) mass is 413 g/mol. The minimum absolute atomic E-state index is 0.0128. The summed E-state index contributed by atoms with van der Waals surface area (Å²) in [5.41, 5.74) is 4.48. The van der Waals surface area contributed by atoms with Gasteiger partial charge < -0.3 is 10.0 Å². The van der Waals surface area contributed by atoms with E-state index in [-0.39, 0.29) is 23.0 Å². The lowest BCUT2D eigenvalue weighted by Crippen LogP contribution is -2.21. The summed E-state index contributed by atoms with van der Waals surface area (Å²) >= 11 is 0. The molecule has 0 fully saturated rings. The average molecular weight is 413 g/mol. The summed E-state index contributed by atoms with van der Waals surface area (Å²) in [5, 5.41) is 12.2. The predicted octanol–water partition coefficient (Wildman–Crippen LogP) is 6.28. The fourth-order valence-corrected chi connectivity index (χ4v) is 3.86. The molecule has 4 rings (SSSR count). The number of benzene rings is 4. The van der Waals surface area contributed by atoms with Crippen molar-refractivity contribution in [3.8, 4) is 28.0 Å². The van der Waals surface area contributed by atoms with Crippen molar-refractivity contribution >= 4 is 16.7 Å². The molecule has 0 spiro atoms. The quantitative estimate of drug-likeness (QED) is 0.428. The SMILES string of the molecule is CCc1ccc(-c2ccc(-c3cc(C(=O)N(C)C)c(O)c4ccccc34)cc2)cc1F. The van der Waals surface area contributed by atoms with Crippen molar-refractivity contribution in [2.45, 2.75) is 13.3 Å². The van der Waals surface area contributed by atoms with Crippen LogP contribution in [0.3, 0.4) is 0 Å². The summed E-state index contributed by atoms with van der Waals surface area (Å²) in [6, 6.07) is 22.4. The first-order valence-electron chi connectivity index (χ1n) is 10.3. The van der Waals surface area contributed by atoms with Gasteiger partial charge in [0.15, 0.2) is 0 Å². The standard InChI is InChI=1S/C27H24FNO2/c1-4-17-9-14-20(15-25(17)28)18-10-12-19(13-11-18)23-16-24(27(31)29(2)3)26(30)22-8-6-5-7-21(22)23/h5-16,30H,4H2,1-3H3. The summed E-state index contributed by atoms with van der Waals surface area (Å²) in [5.74, 6) is -0.464. The van der Waals surface area contributed by atoms with E-state index in [4.69, 9.17) is 0 Å². The molecule has 0 aliphatic carbocycles. The van der Waals surface area contributed by atoms with Crippen LogP contribution < -0.4 is 0 Å². The van der Waals surface area contributed by atoms with E-state index in [9.17, 15) is 14.3 Å². The number of aryl methyl sites for hydroxylation is 1. The zero-order valence-corrected chi connectivity index (χ0v) is 17.8. The molecule has 4 aromatic carbocycles. The van der Waals surface area contributed by atoms with Gasteiger partial charge in [-0.05, 0) is 51.8 Å². The van der Waals surface area contributed by atoms with Crippen molar-refractivity contribution in [3.63, 3.8) is 0 Å². The number of hydrogen-bond acceptors (Lipinski definition) is 2. The Morgan fingerprint density at radius 3 is 2.10 bits per heavy atom. The first kappa shape index (κ1) is 20.6. The molecule has 156 valence electrons. The Hall–Kier alpha value is -3.66. The van der Waals surface area contributed by atoms with Crippen LogP contribution in [-0.4, -0.2) is 30.0 Å². The van der Waals surface area contributed by atoms with Crippen LogP contribution in [0.1, 0.15) is 22.8 Å². The van der Waals surface area contributed by atoms with E-state index in [2.05, 4.69) is 0 Å². The van der Waals surface area contributed by atoms with E-state index in [1.165, 1.54) is 4.90 Å². The Balaban J connectivity index is 1.83. The molecular formula is C27H24FNO2. The number of carbonyl (C=O) groups excluding carboxylic acids is 1. The van der Waals surface area contributed by atoms with Crippen molar-refractivity contribution in [2.75, 3.05) is 14.1 Å². The molecule has 0 aliphatic heterocycles. The Labute approximate surface area is 181 Å². The summed E-state index contributed by atoms with van der Waals surface area (Å²) in [6.45, 7) is 1.93. The number of phenols is 1. The van der Waals surface area contributed by atoms with Gasteiger partial charge in [-0.3, -0.25) is 4.79 Å². The van der Waals surface area contributed by atoms with Crippen LogP contribution in [0.25, 0.3) is 33.0 Å². The molecule has 0 heterocycles. The fraction of sp³-hybridized carbons (Fsp3) is 0.148. The van der Waals surface area contributed by atoms with E-state index < -0.39 is 0 Å². The van der Waals surface area contributed by atoms with Gasteiger partial charge in [0.25, 0.3) is 5.91 Å². The van der Waals surface area contributed by atoms with Crippen molar-refractivity contribution < 1.29 is 14.3 Å². The van der Waals surface area contributed by atoms with E-state index in [0.717, 1.165) is 27.6 Å². The zero-order chi connectivity index (χ0) is 22.1. The molecule has 1 amide bonds. The lowest BCUT2D eigenvalue weighted by Gasteiger charge is -2.16. The fourth-order valence-electron chi connectivity index (χ4n) is 3.86. The van der Waals surface area contributed by atoms with Crippen LogP contribution in [0.5, 0.6) is 5.75 Å². The predicted molar refractivity (Wildman–Crippen MR) is 124 cm³/mol. The summed E-state index contributed by atoms with van der Waals surface area (Å²) < 4.78 is 14.2. The van der Waals surface area contributed by atoms with Crippen molar-refractivity contribution in [1.82, 2.24) is 4.90 Å². The van der Waals surface area contributed by atoms with Gasteiger partial charge in [0.05, 0.1) is 5.56 Å². The molecule has 1 N–H and O–H groups in total. The number of amides is 1. The second-order valence-corrected chi connectivity index (χ2v) is 7.80. The van der Waals surface area contributed by atoms with Gasteiger partial charge in [0, 0.05) is 19.5 Å². The molecule has 4 heteroatoms. The number of halogens is 1. The van der Waals surface area contributed by atoms with E-state index in [1.807, 2.05) is 67.6 Å². The molecule has 0 bridgehead atoms. The third-order valence-corrected chi connectivity index (χ3v) is 5.62. The van der Waals surface area contributed by atoms with Gasteiger partial charge >= 0.3 is 0 Å². The summed E-state index contributed by atoms with van der Waals surface area (Å²) in [4.78, 5) is 14.1. The lowest BCUT2D eigenvalue weighted by molar-refractivity contribution is 0.0825. The molecule has 0 unspecified atom stereocenters. The van der Waals surface area contributed by atoms with Gasteiger partial charge in [-0.15, -0.1) is 0 Å². The highest BCUT2D eigenvalue weighted by atomic mass is 19.1. The molecule has 0 saturated heterocycles. The number of aromatic hydroxyl groups is 1. The first-order valence-corrected chi connectivity index (χ1v) is 10.3. The minimum atomic E-state index is -0.257. The molecule has 0 aromatic heterocycles. The van der Waals surface area contributed by atoms with Crippen molar-refractivity contribution in [1.29, 1.82) is 0 Å². The number of rotatable bonds is 4. The topological polar surface area (TPSA) is 40.5 Å². The molecular weight excluding hydrogens is 389 g/mol. The molecule has 3 nitrogen and oxygen atoms in total. The lowest BCUT2D eigenvalue weighted by atomic mass is 9.93. The maximum atomic E-state index is 14.2. The van der Waals surface area contributed by atoms with Gasteiger partial charge in [-0.2, -0.15) is 0 Å². The van der Waals surface area contributed by atoms with Crippen molar-refractivity contribution in [2.24, 2.45) is 0 Å². The number of fused-ring (bicyclic) bond motifs is 1. The third-order valence-electron chi connectivity index (χ3n) is 5.62. The highest BCUT2D eigenvalue weighted by Crippen LogP contribution is 2.38. The Kier molecular flexibility index (Phi) is 5.47. The zero-order valence-electron chi connectivity index (χ0n) is 17.8. The van der Waals surface area contributed by atoms with E-state index >= 15 is 0 Å². The second kappa shape index (κ2) is 8.23. The highest BCUT2D eigenvalue weighted by Gasteiger charge is 2.19. The van der Waals surface area contributed by atoms with Crippen molar-refractivity contribution in [3.05, 3.63) is 89.7 Å². The van der Waals surface area contributed by atoms with Gasteiger partial charge in [-0.25, -0.2) is 4.39 Å². The number of carbonyl (C=O) groups is 1. The molecule has 0 saturated carbocycles. The maximum absolute atomic E-state index is 14.2. The molecule has 0 radical (unpaired) electrons. The smallest absolute Gasteiger partial charge is 0.257 e. The molecule has 0 aliphatic rings. The largest absolute Gasteiger partial charge is 0.506 e. The molecule has 0 atom stereocenters. The molecule has 4 aromatic rings. The number of nitrogens with zero attached hydrogens (tertiary/aromatic N) is 1. The van der Waals surface area contributed by atoms with Crippen LogP contribution in [0.4, 0.5) is 4.39 Å². The summed E-state index contributed by atoms with van der Waals surface area (Å²) in [7, 11) is 3.32. The van der Waals surface area contributed by atoms with Gasteiger partial charge in [-0.1, -0.05) is 67.6 Å². The molecule has 31 heavy (non-hydrogen) atoms. The highest BCUT2D eigenvalue weighted by molar-refractivity contribution is 6.09. The normalized spacial score (nSPS) is 11.0. The maximum Gasteiger partial charge on any atom is 0.257 e. The van der Waals surface area contributed by atoms with Crippen LogP contribution >= 0.6 is 0 Å². The second-order valence-electron chi connectivity index (χ2n) is 7.80. The van der Waals surface area contributed by atoms with Crippen LogP contribution in [-0.2, 0) is 6.42 Å². The Bertz CT molecular complexity index is 1280.